The van der Waals surface area contributed by atoms with E-state index in [1.165, 1.54) is 11.8 Å². The summed E-state index contributed by atoms with van der Waals surface area (Å²) in [6, 6.07) is 15.7. The maximum absolute atomic E-state index is 12.5. The largest absolute Gasteiger partial charge is 0.497 e. The molecule has 0 aliphatic carbocycles. The third kappa shape index (κ3) is 4.33. The number of aromatic amines is 1. The number of carbonyl (C=O) groups is 1. The quantitative estimate of drug-likeness (QED) is 0.657. The van der Waals surface area contributed by atoms with Crippen LogP contribution in [0.25, 0.3) is 11.0 Å². The van der Waals surface area contributed by atoms with Crippen molar-refractivity contribution in [3.8, 4) is 5.75 Å². The van der Waals surface area contributed by atoms with Gasteiger partial charge in [0.1, 0.15) is 5.75 Å². The summed E-state index contributed by atoms with van der Waals surface area (Å²) in [5.41, 5.74) is 2.91. The Kier molecular flexibility index (Phi) is 5.60. The third-order valence-electron chi connectivity index (χ3n) is 3.95. The lowest BCUT2D eigenvalue weighted by Crippen LogP contribution is -2.31. The van der Waals surface area contributed by atoms with Crippen LogP contribution in [-0.2, 0) is 11.3 Å². The van der Waals surface area contributed by atoms with Crippen molar-refractivity contribution in [3.63, 3.8) is 0 Å². The van der Waals surface area contributed by atoms with E-state index in [0.717, 1.165) is 27.5 Å². The van der Waals surface area contributed by atoms with Gasteiger partial charge in [-0.05, 0) is 24.6 Å². The number of benzene rings is 2. The zero-order valence-electron chi connectivity index (χ0n) is 14.4. The molecule has 0 saturated carbocycles. The molecule has 130 valence electrons. The van der Waals surface area contributed by atoms with E-state index in [0.29, 0.717) is 18.8 Å². The van der Waals surface area contributed by atoms with Crippen LogP contribution in [0, 0.1) is 0 Å². The minimum absolute atomic E-state index is 0.106. The predicted molar refractivity (Wildman–Crippen MR) is 101 cm³/mol. The standard InChI is InChI=1S/C19H21N3O2S/c1-3-22(12-14-7-5-4-6-8-14)18(23)13-25-19-20-16-10-9-15(24-2)11-17(16)21-19/h4-11H,3,12-13H2,1-2H3,(H,20,21). The number of nitrogens with one attached hydrogen (secondary N) is 1. The summed E-state index contributed by atoms with van der Waals surface area (Å²) in [6.07, 6.45) is 0. The average molecular weight is 355 g/mol. The van der Waals surface area contributed by atoms with Crippen molar-refractivity contribution in [1.29, 1.82) is 0 Å². The molecule has 1 amide bonds. The number of H-pyrrole nitrogens is 1. The number of rotatable bonds is 7. The predicted octanol–water partition coefficient (Wildman–Crippen LogP) is 3.71. The highest BCUT2D eigenvalue weighted by Gasteiger charge is 2.14. The number of thioether (sulfide) groups is 1. The highest BCUT2D eigenvalue weighted by Crippen LogP contribution is 2.23. The highest BCUT2D eigenvalue weighted by molar-refractivity contribution is 7.99. The molecule has 3 aromatic rings. The molecule has 0 spiro atoms. The maximum atomic E-state index is 12.5. The Morgan fingerprint density at radius 1 is 1.24 bits per heavy atom. The van der Waals surface area contributed by atoms with Crippen LogP contribution in [0.4, 0.5) is 0 Å². The monoisotopic (exact) mass is 355 g/mol. The number of methoxy groups -OCH3 is 1. The van der Waals surface area contributed by atoms with E-state index in [-0.39, 0.29) is 5.91 Å². The molecular weight excluding hydrogens is 334 g/mol. The lowest BCUT2D eigenvalue weighted by Gasteiger charge is -2.20. The number of amides is 1. The molecule has 0 unspecified atom stereocenters. The molecule has 5 nitrogen and oxygen atoms in total. The first-order chi connectivity index (χ1) is 12.2. The van der Waals surface area contributed by atoms with Crippen molar-refractivity contribution in [2.24, 2.45) is 0 Å². The summed E-state index contributed by atoms with van der Waals surface area (Å²) in [7, 11) is 1.64. The molecule has 1 heterocycles. The van der Waals surface area contributed by atoms with Crippen LogP contribution in [-0.4, -0.2) is 40.2 Å². The van der Waals surface area contributed by atoms with Crippen LogP contribution in [0.1, 0.15) is 12.5 Å². The number of aromatic nitrogens is 2. The lowest BCUT2D eigenvalue weighted by molar-refractivity contribution is -0.128. The summed E-state index contributed by atoms with van der Waals surface area (Å²) >= 11 is 1.42. The van der Waals surface area contributed by atoms with Crippen LogP contribution in [0.15, 0.2) is 53.7 Å². The normalized spacial score (nSPS) is 10.8. The van der Waals surface area contributed by atoms with Crippen molar-refractivity contribution in [2.45, 2.75) is 18.6 Å². The minimum Gasteiger partial charge on any atom is -0.497 e. The Labute approximate surface area is 151 Å². The number of nitrogens with zero attached hydrogens (tertiary/aromatic N) is 2. The van der Waals surface area contributed by atoms with E-state index in [1.54, 1.807) is 7.11 Å². The first-order valence-corrected chi connectivity index (χ1v) is 9.16. The van der Waals surface area contributed by atoms with E-state index < -0.39 is 0 Å². The zero-order valence-corrected chi connectivity index (χ0v) is 15.2. The van der Waals surface area contributed by atoms with Gasteiger partial charge in [-0.3, -0.25) is 4.79 Å². The molecule has 0 radical (unpaired) electrons. The van der Waals surface area contributed by atoms with Gasteiger partial charge in [0.2, 0.25) is 5.91 Å². The molecule has 3 rings (SSSR count). The molecule has 0 fully saturated rings. The number of hydrogen-bond acceptors (Lipinski definition) is 4. The van der Waals surface area contributed by atoms with Gasteiger partial charge in [0.05, 0.1) is 23.9 Å². The summed E-state index contributed by atoms with van der Waals surface area (Å²) in [5, 5.41) is 0.743. The van der Waals surface area contributed by atoms with Crippen molar-refractivity contribution < 1.29 is 9.53 Å². The number of hydrogen-bond donors (Lipinski definition) is 1. The van der Waals surface area contributed by atoms with Gasteiger partial charge in [0.15, 0.2) is 5.16 Å². The summed E-state index contributed by atoms with van der Waals surface area (Å²) < 4.78 is 5.22. The van der Waals surface area contributed by atoms with Gasteiger partial charge in [-0.2, -0.15) is 0 Å². The first kappa shape index (κ1) is 17.4. The summed E-state index contributed by atoms with van der Waals surface area (Å²) in [4.78, 5) is 22.1. The van der Waals surface area contributed by atoms with Crippen molar-refractivity contribution in [3.05, 3.63) is 54.1 Å². The third-order valence-corrected chi connectivity index (χ3v) is 4.81. The fraction of sp³-hybridized carbons (Fsp3) is 0.263. The molecule has 6 heteroatoms. The Morgan fingerprint density at radius 3 is 2.76 bits per heavy atom. The molecule has 0 aliphatic rings. The van der Waals surface area contributed by atoms with Crippen LogP contribution in [0.2, 0.25) is 0 Å². The Hall–Kier alpha value is -2.47. The zero-order chi connectivity index (χ0) is 17.6. The van der Waals surface area contributed by atoms with E-state index in [1.807, 2.05) is 60.4 Å². The summed E-state index contributed by atoms with van der Waals surface area (Å²) in [6.45, 7) is 3.32. The second-order valence-electron chi connectivity index (χ2n) is 5.61. The molecule has 1 N–H and O–H groups in total. The van der Waals surface area contributed by atoms with Gasteiger partial charge < -0.3 is 14.6 Å². The Morgan fingerprint density at radius 2 is 2.04 bits per heavy atom. The lowest BCUT2D eigenvalue weighted by atomic mass is 10.2. The first-order valence-electron chi connectivity index (χ1n) is 8.18. The van der Waals surface area contributed by atoms with Crippen molar-refractivity contribution in [1.82, 2.24) is 14.9 Å². The van der Waals surface area contributed by atoms with Crippen molar-refractivity contribution >= 4 is 28.7 Å². The Bertz CT molecular complexity index is 848. The number of fused-ring (bicyclic) bond motifs is 1. The molecule has 2 aromatic carbocycles. The minimum atomic E-state index is 0.106. The van der Waals surface area contributed by atoms with E-state index in [9.17, 15) is 4.79 Å². The number of ether oxygens (including phenoxy) is 1. The molecule has 0 aliphatic heterocycles. The number of carbonyl (C=O) groups excluding carboxylic acids is 1. The van der Waals surface area contributed by atoms with Gasteiger partial charge >= 0.3 is 0 Å². The molecular formula is C19H21N3O2S. The molecule has 0 bridgehead atoms. The van der Waals surface area contributed by atoms with E-state index >= 15 is 0 Å². The maximum Gasteiger partial charge on any atom is 0.233 e. The van der Waals surface area contributed by atoms with Crippen LogP contribution in [0.3, 0.4) is 0 Å². The van der Waals surface area contributed by atoms with Gasteiger partial charge in [0.25, 0.3) is 0 Å². The Balaban J connectivity index is 1.62. The van der Waals surface area contributed by atoms with Crippen LogP contribution < -0.4 is 4.74 Å². The van der Waals surface area contributed by atoms with Gasteiger partial charge in [-0.1, -0.05) is 42.1 Å². The van der Waals surface area contributed by atoms with Gasteiger partial charge in [-0.25, -0.2) is 4.98 Å². The second kappa shape index (κ2) is 8.07. The fourth-order valence-electron chi connectivity index (χ4n) is 2.56. The fourth-order valence-corrected chi connectivity index (χ4v) is 3.35. The highest BCUT2D eigenvalue weighted by atomic mass is 32.2. The summed E-state index contributed by atoms with van der Waals surface area (Å²) in [5.74, 6) is 1.25. The number of imidazole rings is 1. The van der Waals surface area contributed by atoms with Crippen LogP contribution >= 0.6 is 11.8 Å². The second-order valence-corrected chi connectivity index (χ2v) is 6.57. The average Bonchev–Trinajstić information content (AvgIpc) is 3.06. The van der Waals surface area contributed by atoms with E-state index in [2.05, 4.69) is 9.97 Å². The topological polar surface area (TPSA) is 58.2 Å². The molecule has 25 heavy (non-hydrogen) atoms. The molecule has 1 aromatic heterocycles. The van der Waals surface area contributed by atoms with Gasteiger partial charge in [0, 0.05) is 19.2 Å². The molecule has 0 atom stereocenters. The van der Waals surface area contributed by atoms with Gasteiger partial charge in [-0.15, -0.1) is 0 Å². The van der Waals surface area contributed by atoms with E-state index in [4.69, 9.17) is 4.74 Å². The smallest absolute Gasteiger partial charge is 0.233 e. The SMILES string of the molecule is CCN(Cc1ccccc1)C(=O)CSc1nc2ccc(OC)cc2[nH]1. The van der Waals surface area contributed by atoms with Crippen LogP contribution in [0.5, 0.6) is 5.75 Å². The van der Waals surface area contributed by atoms with Crippen molar-refractivity contribution in [2.75, 3.05) is 19.4 Å². The molecule has 0 saturated heterocycles.